The molecular weight excluding hydrogens is 261 g/mol. The largest absolute Gasteiger partial charge is 0.493 e. The number of methoxy groups -OCH3 is 2. The summed E-state index contributed by atoms with van der Waals surface area (Å²) in [5.74, 6) is 0.196. The van der Waals surface area contributed by atoms with Gasteiger partial charge in [-0.3, -0.25) is 9.78 Å². The molecule has 0 saturated carbocycles. The normalized spacial score (nSPS) is 10.2. The van der Waals surface area contributed by atoms with Crippen LogP contribution in [-0.2, 0) is 6.42 Å². The molecule has 0 amide bonds. The van der Waals surface area contributed by atoms with E-state index >= 15 is 0 Å². The summed E-state index contributed by atoms with van der Waals surface area (Å²) in [6.45, 7) is 0. The number of halogens is 1. The Morgan fingerprint density at radius 1 is 1.20 bits per heavy atom. The average Bonchev–Trinajstić information content (AvgIpc) is 2.47. The fourth-order valence-corrected chi connectivity index (χ4v) is 1.87. The van der Waals surface area contributed by atoms with Crippen molar-refractivity contribution in [3.05, 3.63) is 53.6 Å². The fourth-order valence-electron chi connectivity index (χ4n) is 1.87. The summed E-state index contributed by atoms with van der Waals surface area (Å²) >= 11 is 0. The van der Waals surface area contributed by atoms with Gasteiger partial charge in [0.1, 0.15) is 0 Å². The molecule has 1 aromatic heterocycles. The van der Waals surface area contributed by atoms with Crippen molar-refractivity contribution in [2.45, 2.75) is 6.42 Å². The van der Waals surface area contributed by atoms with Crippen LogP contribution in [0.25, 0.3) is 0 Å². The van der Waals surface area contributed by atoms with E-state index in [-0.39, 0.29) is 17.8 Å². The number of carbonyl (C=O) groups excluding carboxylic acids is 1. The molecule has 0 aliphatic rings. The lowest BCUT2D eigenvalue weighted by Crippen LogP contribution is -2.06. The zero-order valence-corrected chi connectivity index (χ0v) is 11.2. The Labute approximate surface area is 116 Å². The Morgan fingerprint density at radius 2 is 1.95 bits per heavy atom. The molecule has 0 aliphatic heterocycles. The Balaban J connectivity index is 2.22. The van der Waals surface area contributed by atoms with Crippen LogP contribution < -0.4 is 9.47 Å². The number of carbonyl (C=O) groups is 1. The van der Waals surface area contributed by atoms with Crippen molar-refractivity contribution in [2.24, 2.45) is 0 Å². The Bertz CT molecular complexity index is 628. The van der Waals surface area contributed by atoms with E-state index in [1.165, 1.54) is 26.5 Å². The Morgan fingerprint density at radius 3 is 2.60 bits per heavy atom. The van der Waals surface area contributed by atoms with Crippen LogP contribution in [0.2, 0.25) is 0 Å². The van der Waals surface area contributed by atoms with Crippen LogP contribution in [-0.4, -0.2) is 25.0 Å². The molecule has 0 unspecified atom stereocenters. The number of Topliss-reactive ketones (excluding diaryl/α,β-unsaturated/α-hetero) is 1. The van der Waals surface area contributed by atoms with Gasteiger partial charge in [-0.1, -0.05) is 6.07 Å². The van der Waals surface area contributed by atoms with Crippen LogP contribution in [0.15, 0.2) is 36.7 Å². The average molecular weight is 275 g/mol. The van der Waals surface area contributed by atoms with Gasteiger partial charge in [-0.05, 0) is 23.8 Å². The fraction of sp³-hybridized carbons (Fsp3) is 0.200. The van der Waals surface area contributed by atoms with Gasteiger partial charge in [0.15, 0.2) is 23.1 Å². The van der Waals surface area contributed by atoms with Crippen molar-refractivity contribution in [2.75, 3.05) is 14.2 Å². The van der Waals surface area contributed by atoms with Gasteiger partial charge in [-0.15, -0.1) is 0 Å². The predicted molar refractivity (Wildman–Crippen MR) is 71.8 cm³/mol. The van der Waals surface area contributed by atoms with E-state index in [0.29, 0.717) is 11.5 Å². The summed E-state index contributed by atoms with van der Waals surface area (Å²) < 4.78 is 23.8. The van der Waals surface area contributed by atoms with Gasteiger partial charge in [0.2, 0.25) is 0 Å². The van der Waals surface area contributed by atoms with Crippen molar-refractivity contribution < 1.29 is 18.7 Å². The van der Waals surface area contributed by atoms with E-state index in [4.69, 9.17) is 9.47 Å². The maximum atomic E-state index is 13.5. The summed E-state index contributed by atoms with van der Waals surface area (Å²) in [4.78, 5) is 15.7. The number of rotatable bonds is 5. The first-order valence-corrected chi connectivity index (χ1v) is 5.99. The highest BCUT2D eigenvalue weighted by Crippen LogP contribution is 2.28. The van der Waals surface area contributed by atoms with Crippen molar-refractivity contribution in [3.63, 3.8) is 0 Å². The lowest BCUT2D eigenvalue weighted by Gasteiger charge is -2.09. The molecule has 4 nitrogen and oxygen atoms in total. The number of benzene rings is 1. The van der Waals surface area contributed by atoms with E-state index in [9.17, 15) is 9.18 Å². The van der Waals surface area contributed by atoms with Gasteiger partial charge in [-0.2, -0.15) is 0 Å². The zero-order chi connectivity index (χ0) is 14.5. The topological polar surface area (TPSA) is 48.4 Å². The number of ketones is 1. The number of nitrogens with zero attached hydrogens (tertiary/aromatic N) is 1. The summed E-state index contributed by atoms with van der Waals surface area (Å²) in [5.41, 5.74) is 0.763. The van der Waals surface area contributed by atoms with Gasteiger partial charge in [0, 0.05) is 12.6 Å². The number of hydrogen-bond acceptors (Lipinski definition) is 4. The maximum Gasteiger partial charge on any atom is 0.170 e. The van der Waals surface area contributed by atoms with Crippen molar-refractivity contribution in [1.82, 2.24) is 4.98 Å². The molecule has 0 saturated heterocycles. The van der Waals surface area contributed by atoms with E-state index in [2.05, 4.69) is 4.98 Å². The van der Waals surface area contributed by atoms with Gasteiger partial charge in [-0.25, -0.2) is 4.39 Å². The van der Waals surface area contributed by atoms with Gasteiger partial charge in [0.25, 0.3) is 0 Å². The molecule has 104 valence electrons. The third-order valence-electron chi connectivity index (χ3n) is 2.89. The standard InChI is InChI=1S/C15H14FNO3/c1-19-14-4-3-10(8-15(14)20-2)7-13(18)11-5-6-17-9-12(11)16/h3-6,8-9H,7H2,1-2H3. The molecule has 0 N–H and O–H groups in total. The second kappa shape index (κ2) is 6.14. The molecule has 2 aromatic rings. The third-order valence-corrected chi connectivity index (χ3v) is 2.89. The van der Waals surface area contributed by atoms with Gasteiger partial charge in [0.05, 0.1) is 26.0 Å². The third kappa shape index (κ3) is 2.93. The summed E-state index contributed by atoms with van der Waals surface area (Å²) in [7, 11) is 3.06. The highest BCUT2D eigenvalue weighted by Gasteiger charge is 2.13. The van der Waals surface area contributed by atoms with Crippen LogP contribution in [0.1, 0.15) is 15.9 Å². The molecule has 0 atom stereocenters. The monoisotopic (exact) mass is 275 g/mol. The molecule has 1 heterocycles. The van der Waals surface area contributed by atoms with Crippen molar-refractivity contribution >= 4 is 5.78 Å². The molecule has 0 aliphatic carbocycles. The minimum absolute atomic E-state index is 0.0368. The van der Waals surface area contributed by atoms with Crippen molar-refractivity contribution in [3.8, 4) is 11.5 Å². The molecule has 20 heavy (non-hydrogen) atoms. The quantitative estimate of drug-likeness (QED) is 0.787. The van der Waals surface area contributed by atoms with E-state index < -0.39 is 5.82 Å². The van der Waals surface area contributed by atoms with Crippen LogP contribution >= 0.6 is 0 Å². The zero-order valence-electron chi connectivity index (χ0n) is 11.2. The number of aromatic nitrogens is 1. The molecule has 0 radical (unpaired) electrons. The van der Waals surface area contributed by atoms with Gasteiger partial charge < -0.3 is 9.47 Å². The van der Waals surface area contributed by atoms with Crippen molar-refractivity contribution in [1.29, 1.82) is 0 Å². The summed E-state index contributed by atoms with van der Waals surface area (Å²) in [5, 5.41) is 0. The lowest BCUT2D eigenvalue weighted by molar-refractivity contribution is 0.0989. The number of hydrogen-bond donors (Lipinski definition) is 0. The minimum atomic E-state index is -0.613. The highest BCUT2D eigenvalue weighted by molar-refractivity contribution is 5.97. The maximum absolute atomic E-state index is 13.5. The Hall–Kier alpha value is -2.43. The minimum Gasteiger partial charge on any atom is -0.493 e. The lowest BCUT2D eigenvalue weighted by atomic mass is 10.0. The molecule has 0 spiro atoms. The summed E-state index contributed by atoms with van der Waals surface area (Å²) in [6.07, 6.45) is 2.51. The SMILES string of the molecule is COc1ccc(CC(=O)c2ccncc2F)cc1OC. The molecule has 5 heteroatoms. The number of pyridine rings is 1. The molecular formula is C15H14FNO3. The second-order valence-corrected chi connectivity index (χ2v) is 4.14. The van der Waals surface area contributed by atoms with E-state index in [1.807, 2.05) is 0 Å². The molecule has 1 aromatic carbocycles. The second-order valence-electron chi connectivity index (χ2n) is 4.14. The van der Waals surface area contributed by atoms with Crippen LogP contribution in [0.4, 0.5) is 4.39 Å². The predicted octanol–water partition coefficient (Wildman–Crippen LogP) is 2.66. The van der Waals surface area contributed by atoms with Crippen LogP contribution in [0.3, 0.4) is 0 Å². The van der Waals surface area contributed by atoms with E-state index in [0.717, 1.165) is 11.8 Å². The first kappa shape index (κ1) is 14.0. The first-order valence-electron chi connectivity index (χ1n) is 5.99. The number of ether oxygens (including phenoxy) is 2. The highest BCUT2D eigenvalue weighted by atomic mass is 19.1. The van der Waals surface area contributed by atoms with Crippen LogP contribution in [0.5, 0.6) is 11.5 Å². The molecule has 0 bridgehead atoms. The summed E-state index contributed by atoms with van der Waals surface area (Å²) in [6, 6.07) is 6.54. The smallest absolute Gasteiger partial charge is 0.170 e. The van der Waals surface area contributed by atoms with Gasteiger partial charge >= 0.3 is 0 Å². The molecule has 2 rings (SSSR count). The Kier molecular flexibility index (Phi) is 4.30. The first-order chi connectivity index (χ1) is 9.65. The van der Waals surface area contributed by atoms with Crippen LogP contribution in [0, 0.1) is 5.82 Å². The molecule has 0 fully saturated rings. The van der Waals surface area contributed by atoms with E-state index in [1.54, 1.807) is 18.2 Å².